The Hall–Kier alpha value is -2.21. The van der Waals surface area contributed by atoms with Crippen molar-refractivity contribution in [2.75, 3.05) is 18.0 Å². The van der Waals surface area contributed by atoms with Gasteiger partial charge in [0.1, 0.15) is 0 Å². The average molecular weight is 340 g/mol. The number of fused-ring (bicyclic) bond motifs is 1. The van der Waals surface area contributed by atoms with Gasteiger partial charge >= 0.3 is 0 Å². The van der Waals surface area contributed by atoms with Crippen molar-refractivity contribution in [1.82, 2.24) is 15.0 Å². The SMILES string of the molecule is CCc1csc(C2CCCN(c3nc4ccccc4c(=O)[nH]3)C2)n1. The predicted molar refractivity (Wildman–Crippen MR) is 98.0 cm³/mol. The molecule has 0 amide bonds. The zero-order chi connectivity index (χ0) is 16.5. The summed E-state index contributed by atoms with van der Waals surface area (Å²) in [7, 11) is 0. The van der Waals surface area contributed by atoms with E-state index < -0.39 is 0 Å². The monoisotopic (exact) mass is 340 g/mol. The number of piperidine rings is 1. The third-order valence-corrected chi connectivity index (χ3v) is 5.66. The molecule has 4 rings (SSSR count). The second kappa shape index (κ2) is 6.36. The van der Waals surface area contributed by atoms with E-state index in [1.807, 2.05) is 24.3 Å². The summed E-state index contributed by atoms with van der Waals surface area (Å²) in [5.41, 5.74) is 1.85. The summed E-state index contributed by atoms with van der Waals surface area (Å²) < 4.78 is 0. The highest BCUT2D eigenvalue weighted by Crippen LogP contribution is 2.30. The Morgan fingerprint density at radius 1 is 1.33 bits per heavy atom. The van der Waals surface area contributed by atoms with E-state index in [9.17, 15) is 4.79 Å². The van der Waals surface area contributed by atoms with Crippen LogP contribution in [0.4, 0.5) is 5.95 Å². The number of anilines is 1. The fourth-order valence-electron chi connectivity index (χ4n) is 3.27. The molecular weight excluding hydrogens is 320 g/mol. The van der Waals surface area contributed by atoms with Gasteiger partial charge < -0.3 is 4.90 Å². The third-order valence-electron chi connectivity index (χ3n) is 4.60. The Labute approximate surface area is 144 Å². The summed E-state index contributed by atoms with van der Waals surface area (Å²) in [5, 5.41) is 4.01. The van der Waals surface area contributed by atoms with Crippen molar-refractivity contribution in [1.29, 1.82) is 0 Å². The molecule has 0 radical (unpaired) electrons. The van der Waals surface area contributed by atoms with E-state index in [4.69, 9.17) is 4.98 Å². The maximum absolute atomic E-state index is 12.3. The van der Waals surface area contributed by atoms with Crippen LogP contribution in [-0.4, -0.2) is 28.0 Å². The molecule has 0 saturated carbocycles. The highest BCUT2D eigenvalue weighted by Gasteiger charge is 2.25. The van der Waals surface area contributed by atoms with Crippen LogP contribution in [0.5, 0.6) is 0 Å². The maximum atomic E-state index is 12.3. The molecule has 1 fully saturated rings. The normalized spacial score (nSPS) is 18.2. The second-order valence-electron chi connectivity index (χ2n) is 6.22. The first-order valence-electron chi connectivity index (χ1n) is 8.43. The van der Waals surface area contributed by atoms with Crippen molar-refractivity contribution in [2.45, 2.75) is 32.1 Å². The topological polar surface area (TPSA) is 61.9 Å². The van der Waals surface area contributed by atoms with Crippen LogP contribution in [0.2, 0.25) is 0 Å². The third kappa shape index (κ3) is 2.82. The highest BCUT2D eigenvalue weighted by molar-refractivity contribution is 7.09. The number of rotatable bonds is 3. The molecule has 0 spiro atoms. The fraction of sp³-hybridized carbons (Fsp3) is 0.389. The molecule has 1 saturated heterocycles. The minimum absolute atomic E-state index is 0.0692. The Morgan fingerprint density at radius 3 is 3.04 bits per heavy atom. The highest BCUT2D eigenvalue weighted by atomic mass is 32.1. The van der Waals surface area contributed by atoms with Crippen molar-refractivity contribution in [3.63, 3.8) is 0 Å². The summed E-state index contributed by atoms with van der Waals surface area (Å²) in [6.07, 6.45) is 3.21. The van der Waals surface area contributed by atoms with E-state index in [0.717, 1.165) is 37.9 Å². The molecule has 3 aromatic rings. The smallest absolute Gasteiger partial charge is 0.260 e. The molecule has 1 aliphatic heterocycles. The molecule has 3 heterocycles. The van der Waals surface area contributed by atoms with Crippen molar-refractivity contribution < 1.29 is 0 Å². The molecule has 1 aromatic carbocycles. The van der Waals surface area contributed by atoms with Crippen molar-refractivity contribution in [3.05, 3.63) is 50.7 Å². The van der Waals surface area contributed by atoms with Crippen LogP contribution >= 0.6 is 11.3 Å². The molecular formula is C18H20N4OS. The number of aromatic nitrogens is 3. The number of nitrogens with one attached hydrogen (secondary N) is 1. The maximum Gasteiger partial charge on any atom is 0.260 e. The van der Waals surface area contributed by atoms with Crippen LogP contribution in [0.1, 0.15) is 36.4 Å². The lowest BCUT2D eigenvalue weighted by atomic mass is 9.99. The van der Waals surface area contributed by atoms with Gasteiger partial charge in [-0.25, -0.2) is 9.97 Å². The van der Waals surface area contributed by atoms with Gasteiger partial charge in [0.15, 0.2) is 0 Å². The van der Waals surface area contributed by atoms with Crippen LogP contribution in [0, 0.1) is 0 Å². The van der Waals surface area contributed by atoms with Gasteiger partial charge in [0, 0.05) is 24.4 Å². The van der Waals surface area contributed by atoms with E-state index in [-0.39, 0.29) is 5.56 Å². The summed E-state index contributed by atoms with van der Waals surface area (Å²) in [4.78, 5) is 26.9. The lowest BCUT2D eigenvalue weighted by molar-refractivity contribution is 0.501. The quantitative estimate of drug-likeness (QED) is 0.794. The standard InChI is InChI=1S/C18H20N4OS/c1-2-13-11-24-17(19-13)12-6-5-9-22(10-12)18-20-15-8-4-3-7-14(15)16(23)21-18/h3-4,7-8,11-12H,2,5-6,9-10H2,1H3,(H,20,21,23). The number of para-hydroxylation sites is 1. The summed E-state index contributed by atoms with van der Waals surface area (Å²) in [6, 6.07) is 7.48. The minimum atomic E-state index is -0.0692. The Kier molecular flexibility index (Phi) is 4.06. The van der Waals surface area contributed by atoms with Crippen LogP contribution in [0.3, 0.4) is 0 Å². The number of benzene rings is 1. The minimum Gasteiger partial charge on any atom is -0.342 e. The van der Waals surface area contributed by atoms with Crippen molar-refractivity contribution in [2.24, 2.45) is 0 Å². The molecule has 1 N–H and O–H groups in total. The number of nitrogens with zero attached hydrogens (tertiary/aromatic N) is 3. The van der Waals surface area contributed by atoms with Gasteiger partial charge in [0.05, 0.1) is 21.6 Å². The number of aryl methyl sites for hydroxylation is 1. The molecule has 24 heavy (non-hydrogen) atoms. The first kappa shape index (κ1) is 15.3. The molecule has 6 heteroatoms. The predicted octanol–water partition coefficient (Wildman–Crippen LogP) is 3.33. The van der Waals surface area contributed by atoms with E-state index in [1.54, 1.807) is 11.3 Å². The van der Waals surface area contributed by atoms with Gasteiger partial charge in [-0.05, 0) is 31.4 Å². The Bertz CT molecular complexity index is 917. The average Bonchev–Trinajstić information content (AvgIpc) is 3.11. The number of hydrogen-bond donors (Lipinski definition) is 1. The zero-order valence-corrected chi connectivity index (χ0v) is 14.5. The summed E-state index contributed by atoms with van der Waals surface area (Å²) >= 11 is 1.75. The molecule has 2 aromatic heterocycles. The van der Waals surface area contributed by atoms with E-state index in [1.165, 1.54) is 10.7 Å². The number of aromatic amines is 1. The van der Waals surface area contributed by atoms with Gasteiger partial charge in [-0.15, -0.1) is 11.3 Å². The van der Waals surface area contributed by atoms with E-state index in [2.05, 4.69) is 27.2 Å². The van der Waals surface area contributed by atoms with Crippen LogP contribution in [0.15, 0.2) is 34.4 Å². The second-order valence-corrected chi connectivity index (χ2v) is 7.11. The van der Waals surface area contributed by atoms with Crippen LogP contribution < -0.4 is 10.5 Å². The Balaban J connectivity index is 1.63. The molecule has 1 aliphatic rings. The fourth-order valence-corrected chi connectivity index (χ4v) is 4.30. The van der Waals surface area contributed by atoms with Gasteiger partial charge in [-0.3, -0.25) is 9.78 Å². The molecule has 1 unspecified atom stereocenters. The van der Waals surface area contributed by atoms with Crippen LogP contribution in [0.25, 0.3) is 10.9 Å². The lowest BCUT2D eigenvalue weighted by Gasteiger charge is -2.32. The largest absolute Gasteiger partial charge is 0.342 e. The number of hydrogen-bond acceptors (Lipinski definition) is 5. The number of H-pyrrole nitrogens is 1. The first-order chi connectivity index (χ1) is 11.7. The molecule has 124 valence electrons. The van der Waals surface area contributed by atoms with Crippen molar-refractivity contribution in [3.8, 4) is 0 Å². The molecule has 1 atom stereocenters. The van der Waals surface area contributed by atoms with Crippen molar-refractivity contribution >= 4 is 28.2 Å². The number of thiazole rings is 1. The van der Waals surface area contributed by atoms with Gasteiger partial charge in [-0.2, -0.15) is 0 Å². The van der Waals surface area contributed by atoms with Gasteiger partial charge in [0.25, 0.3) is 5.56 Å². The van der Waals surface area contributed by atoms with E-state index >= 15 is 0 Å². The Morgan fingerprint density at radius 2 is 2.21 bits per heavy atom. The zero-order valence-electron chi connectivity index (χ0n) is 13.7. The van der Waals surface area contributed by atoms with Gasteiger partial charge in [0.2, 0.25) is 5.95 Å². The van der Waals surface area contributed by atoms with Crippen LogP contribution in [-0.2, 0) is 6.42 Å². The van der Waals surface area contributed by atoms with Gasteiger partial charge in [-0.1, -0.05) is 19.1 Å². The summed E-state index contributed by atoms with van der Waals surface area (Å²) in [6.45, 7) is 3.91. The molecule has 5 nitrogen and oxygen atoms in total. The lowest BCUT2D eigenvalue weighted by Crippen LogP contribution is -2.36. The summed E-state index contributed by atoms with van der Waals surface area (Å²) in [5.74, 6) is 1.09. The molecule has 0 aliphatic carbocycles. The first-order valence-corrected chi connectivity index (χ1v) is 9.31. The van der Waals surface area contributed by atoms with E-state index in [0.29, 0.717) is 17.3 Å². The molecule has 0 bridgehead atoms.